The van der Waals surface area contributed by atoms with E-state index < -0.39 is 0 Å². The first-order valence-corrected chi connectivity index (χ1v) is 6.13. The second-order valence-corrected chi connectivity index (χ2v) is 4.53. The molecule has 0 heterocycles. The Morgan fingerprint density at radius 1 is 1.21 bits per heavy atom. The van der Waals surface area contributed by atoms with E-state index in [0.717, 1.165) is 6.54 Å². The predicted molar refractivity (Wildman–Crippen MR) is 60.6 cm³/mol. The number of hydrogen-bond donors (Lipinski definition) is 1. The average Bonchev–Trinajstić information content (AvgIpc) is 2.32. The summed E-state index contributed by atoms with van der Waals surface area (Å²) in [6.45, 7) is 7.50. The first-order chi connectivity index (χ1) is 6.74. The molecule has 1 fully saturated rings. The molecule has 1 aliphatic carbocycles. The van der Waals surface area contributed by atoms with Gasteiger partial charge in [0.2, 0.25) is 0 Å². The lowest BCUT2D eigenvalue weighted by molar-refractivity contribution is -0.0168. The highest BCUT2D eigenvalue weighted by Gasteiger charge is 2.24. The van der Waals surface area contributed by atoms with Gasteiger partial charge in [0.25, 0.3) is 0 Å². The zero-order valence-corrected chi connectivity index (χ0v) is 9.88. The van der Waals surface area contributed by atoms with Crippen LogP contribution in [0.1, 0.15) is 52.9 Å². The molecule has 1 N–H and O–H groups in total. The topological polar surface area (TPSA) is 21.3 Å². The van der Waals surface area contributed by atoms with E-state index in [1.54, 1.807) is 0 Å². The third kappa shape index (κ3) is 3.97. The van der Waals surface area contributed by atoms with Gasteiger partial charge < -0.3 is 10.1 Å². The zero-order chi connectivity index (χ0) is 10.4. The second kappa shape index (κ2) is 6.41. The minimum Gasteiger partial charge on any atom is -0.374 e. The fourth-order valence-electron chi connectivity index (χ4n) is 2.28. The summed E-state index contributed by atoms with van der Waals surface area (Å²) in [5, 5.41) is 3.55. The Labute approximate surface area is 88.4 Å². The summed E-state index contributed by atoms with van der Waals surface area (Å²) in [6, 6.07) is 0.588. The third-order valence-electron chi connectivity index (χ3n) is 2.87. The largest absolute Gasteiger partial charge is 0.374 e. The highest BCUT2D eigenvalue weighted by atomic mass is 16.5. The third-order valence-corrected chi connectivity index (χ3v) is 2.87. The fraction of sp³-hybridized carbons (Fsp3) is 1.00. The van der Waals surface area contributed by atoms with Crippen molar-refractivity contribution in [1.82, 2.24) is 5.32 Å². The van der Waals surface area contributed by atoms with Crippen LogP contribution >= 0.6 is 0 Å². The molecule has 1 aliphatic rings. The van der Waals surface area contributed by atoms with Gasteiger partial charge in [-0.2, -0.15) is 0 Å². The van der Waals surface area contributed by atoms with E-state index in [1.807, 2.05) is 0 Å². The Bertz CT molecular complexity index is 147. The van der Waals surface area contributed by atoms with Crippen LogP contribution in [-0.2, 0) is 4.74 Å². The van der Waals surface area contributed by atoms with Crippen molar-refractivity contribution in [3.8, 4) is 0 Å². The molecule has 1 saturated carbocycles. The van der Waals surface area contributed by atoms with Crippen LogP contribution in [0.5, 0.6) is 0 Å². The molecular weight excluding hydrogens is 174 g/mol. The van der Waals surface area contributed by atoms with Gasteiger partial charge in [-0.25, -0.2) is 0 Å². The first kappa shape index (κ1) is 12.0. The molecule has 0 bridgehead atoms. The van der Waals surface area contributed by atoms with Crippen molar-refractivity contribution in [1.29, 1.82) is 0 Å². The standard InChI is InChI=1S/C12H25NO/c1-4-13-11-8-6-5-7-9-12(11)14-10(2)3/h10-13H,4-9H2,1-3H3. The molecule has 1 rings (SSSR count). The lowest BCUT2D eigenvalue weighted by atomic mass is 10.1. The molecule has 0 aromatic carbocycles. The molecule has 0 saturated heterocycles. The fourth-order valence-corrected chi connectivity index (χ4v) is 2.28. The quantitative estimate of drug-likeness (QED) is 0.703. The maximum absolute atomic E-state index is 5.97. The highest BCUT2D eigenvalue weighted by Crippen LogP contribution is 2.21. The van der Waals surface area contributed by atoms with Crippen molar-refractivity contribution in [2.45, 2.75) is 71.1 Å². The molecule has 0 radical (unpaired) electrons. The molecule has 0 spiro atoms. The summed E-state index contributed by atoms with van der Waals surface area (Å²) in [6.07, 6.45) is 7.38. The van der Waals surface area contributed by atoms with Crippen LogP contribution in [0.2, 0.25) is 0 Å². The molecule has 0 amide bonds. The van der Waals surface area contributed by atoms with E-state index in [2.05, 4.69) is 26.1 Å². The van der Waals surface area contributed by atoms with Crippen molar-refractivity contribution in [3.05, 3.63) is 0 Å². The van der Waals surface area contributed by atoms with Crippen LogP contribution < -0.4 is 5.32 Å². The van der Waals surface area contributed by atoms with Crippen molar-refractivity contribution >= 4 is 0 Å². The molecule has 84 valence electrons. The van der Waals surface area contributed by atoms with Crippen LogP contribution in [0.3, 0.4) is 0 Å². The number of nitrogens with one attached hydrogen (secondary N) is 1. The predicted octanol–water partition coefficient (Wildman–Crippen LogP) is 2.72. The van der Waals surface area contributed by atoms with Crippen molar-refractivity contribution in [2.24, 2.45) is 0 Å². The summed E-state index contributed by atoms with van der Waals surface area (Å²) in [5.41, 5.74) is 0. The Morgan fingerprint density at radius 2 is 1.93 bits per heavy atom. The van der Waals surface area contributed by atoms with Crippen LogP contribution in [-0.4, -0.2) is 24.8 Å². The molecular formula is C12H25NO. The van der Waals surface area contributed by atoms with E-state index >= 15 is 0 Å². The van der Waals surface area contributed by atoms with Crippen LogP contribution in [0.25, 0.3) is 0 Å². The van der Waals surface area contributed by atoms with E-state index in [-0.39, 0.29) is 0 Å². The molecule has 2 nitrogen and oxygen atoms in total. The summed E-state index contributed by atoms with van der Waals surface area (Å²) in [5.74, 6) is 0. The van der Waals surface area contributed by atoms with Crippen LogP contribution in [0.4, 0.5) is 0 Å². The van der Waals surface area contributed by atoms with Gasteiger partial charge in [0.05, 0.1) is 12.2 Å². The lowest BCUT2D eigenvalue weighted by Crippen LogP contribution is -2.41. The Morgan fingerprint density at radius 3 is 2.57 bits per heavy atom. The normalized spacial score (nSPS) is 29.1. The minimum atomic E-state index is 0.360. The SMILES string of the molecule is CCNC1CCCCCC1OC(C)C. The van der Waals surface area contributed by atoms with Gasteiger partial charge in [-0.05, 0) is 33.2 Å². The number of likely N-dealkylation sites (N-methyl/N-ethyl adjacent to an activating group) is 1. The van der Waals surface area contributed by atoms with Crippen molar-refractivity contribution in [2.75, 3.05) is 6.54 Å². The van der Waals surface area contributed by atoms with E-state index in [0.29, 0.717) is 18.2 Å². The van der Waals surface area contributed by atoms with Gasteiger partial charge in [-0.1, -0.05) is 26.2 Å². The zero-order valence-electron chi connectivity index (χ0n) is 9.88. The maximum atomic E-state index is 5.97. The van der Waals surface area contributed by atoms with Crippen LogP contribution in [0.15, 0.2) is 0 Å². The molecule has 14 heavy (non-hydrogen) atoms. The maximum Gasteiger partial charge on any atom is 0.0731 e. The lowest BCUT2D eigenvalue weighted by Gasteiger charge is -2.27. The Balaban J connectivity index is 2.45. The highest BCUT2D eigenvalue weighted by molar-refractivity contribution is 4.80. The van der Waals surface area contributed by atoms with Gasteiger partial charge in [0.1, 0.15) is 0 Å². The smallest absolute Gasteiger partial charge is 0.0731 e. The van der Waals surface area contributed by atoms with Crippen LogP contribution in [0, 0.1) is 0 Å². The number of hydrogen-bond acceptors (Lipinski definition) is 2. The summed E-state index contributed by atoms with van der Waals surface area (Å²) in [4.78, 5) is 0. The molecule has 2 heteroatoms. The van der Waals surface area contributed by atoms with Gasteiger partial charge in [0.15, 0.2) is 0 Å². The summed E-state index contributed by atoms with van der Waals surface area (Å²) < 4.78 is 5.97. The van der Waals surface area contributed by atoms with Crippen molar-refractivity contribution in [3.63, 3.8) is 0 Å². The van der Waals surface area contributed by atoms with E-state index in [4.69, 9.17) is 4.74 Å². The van der Waals surface area contributed by atoms with Gasteiger partial charge in [-0.15, -0.1) is 0 Å². The average molecular weight is 199 g/mol. The summed E-state index contributed by atoms with van der Waals surface area (Å²) >= 11 is 0. The molecule has 2 unspecified atom stereocenters. The second-order valence-electron chi connectivity index (χ2n) is 4.53. The molecule has 2 atom stereocenters. The van der Waals surface area contributed by atoms with Gasteiger partial charge in [0, 0.05) is 6.04 Å². The van der Waals surface area contributed by atoms with Crippen molar-refractivity contribution < 1.29 is 4.74 Å². The Kier molecular flexibility index (Phi) is 5.49. The Hall–Kier alpha value is -0.0800. The molecule has 0 aromatic rings. The van der Waals surface area contributed by atoms with E-state index in [9.17, 15) is 0 Å². The number of ether oxygens (including phenoxy) is 1. The van der Waals surface area contributed by atoms with E-state index in [1.165, 1.54) is 32.1 Å². The van der Waals surface area contributed by atoms with Gasteiger partial charge >= 0.3 is 0 Å². The molecule has 0 aliphatic heterocycles. The monoisotopic (exact) mass is 199 g/mol. The molecule has 0 aromatic heterocycles. The first-order valence-electron chi connectivity index (χ1n) is 6.13. The summed E-state index contributed by atoms with van der Waals surface area (Å²) in [7, 11) is 0. The van der Waals surface area contributed by atoms with Gasteiger partial charge in [-0.3, -0.25) is 0 Å². The number of rotatable bonds is 4. The minimum absolute atomic E-state index is 0.360.